The van der Waals surface area contributed by atoms with E-state index in [-0.39, 0.29) is 5.91 Å². The highest BCUT2D eigenvalue weighted by Crippen LogP contribution is 2.14. The van der Waals surface area contributed by atoms with Crippen LogP contribution in [0.4, 0.5) is 0 Å². The van der Waals surface area contributed by atoms with E-state index in [2.05, 4.69) is 10.6 Å². The molecule has 0 radical (unpaired) electrons. The Morgan fingerprint density at radius 3 is 2.93 bits per heavy atom. The summed E-state index contributed by atoms with van der Waals surface area (Å²) in [6, 6.07) is 0. The van der Waals surface area contributed by atoms with Crippen LogP contribution in [0.2, 0.25) is 0 Å². The Hall–Kier alpha value is -0.610. The first kappa shape index (κ1) is 10.9. The standard InChI is InChI=1S/C11H20N2O2/c14-11(6-9-7-12-8-9)13-4-3-10-2-1-5-15-10/h9-10,12H,1-8H2,(H,13,14). The van der Waals surface area contributed by atoms with Crippen molar-refractivity contribution in [1.29, 1.82) is 0 Å². The van der Waals surface area contributed by atoms with E-state index in [9.17, 15) is 4.79 Å². The van der Waals surface area contributed by atoms with Gasteiger partial charge in [-0.3, -0.25) is 4.79 Å². The summed E-state index contributed by atoms with van der Waals surface area (Å²) < 4.78 is 5.49. The van der Waals surface area contributed by atoms with Gasteiger partial charge in [0.2, 0.25) is 5.91 Å². The quantitative estimate of drug-likeness (QED) is 0.688. The Kier molecular flexibility index (Phi) is 3.97. The first-order valence-corrected chi connectivity index (χ1v) is 5.93. The van der Waals surface area contributed by atoms with Gasteiger partial charge in [-0.15, -0.1) is 0 Å². The third kappa shape index (κ3) is 3.47. The summed E-state index contributed by atoms with van der Waals surface area (Å²) in [5.74, 6) is 0.757. The number of carbonyl (C=O) groups excluding carboxylic acids is 1. The van der Waals surface area contributed by atoms with E-state index in [0.29, 0.717) is 18.4 Å². The molecule has 15 heavy (non-hydrogen) atoms. The SMILES string of the molecule is O=C(CC1CNC1)NCCC1CCCO1. The van der Waals surface area contributed by atoms with Gasteiger partial charge in [0.25, 0.3) is 0 Å². The van der Waals surface area contributed by atoms with Crippen molar-refractivity contribution in [3.05, 3.63) is 0 Å². The molecule has 2 rings (SSSR count). The fraction of sp³-hybridized carbons (Fsp3) is 0.909. The highest BCUT2D eigenvalue weighted by molar-refractivity contribution is 5.76. The average molecular weight is 212 g/mol. The Morgan fingerprint density at radius 2 is 2.33 bits per heavy atom. The number of hydrogen-bond acceptors (Lipinski definition) is 3. The molecule has 2 fully saturated rings. The van der Waals surface area contributed by atoms with E-state index in [4.69, 9.17) is 4.74 Å². The molecule has 0 spiro atoms. The van der Waals surface area contributed by atoms with E-state index in [0.717, 1.165) is 39.1 Å². The number of ether oxygens (including phenoxy) is 1. The van der Waals surface area contributed by atoms with Crippen LogP contribution < -0.4 is 10.6 Å². The molecule has 4 nitrogen and oxygen atoms in total. The number of carbonyl (C=O) groups is 1. The molecule has 1 atom stereocenters. The average Bonchev–Trinajstić information content (AvgIpc) is 2.64. The van der Waals surface area contributed by atoms with Crippen LogP contribution in [0, 0.1) is 5.92 Å². The van der Waals surface area contributed by atoms with E-state index in [1.165, 1.54) is 6.42 Å². The van der Waals surface area contributed by atoms with Crippen LogP contribution in [0.15, 0.2) is 0 Å². The fourth-order valence-corrected chi connectivity index (χ4v) is 2.07. The predicted octanol–water partition coefficient (Wildman–Crippen LogP) is 0.281. The van der Waals surface area contributed by atoms with Crippen molar-refractivity contribution in [1.82, 2.24) is 10.6 Å². The van der Waals surface area contributed by atoms with Gasteiger partial charge < -0.3 is 15.4 Å². The van der Waals surface area contributed by atoms with Crippen molar-refractivity contribution in [2.45, 2.75) is 31.8 Å². The maximum Gasteiger partial charge on any atom is 0.220 e. The van der Waals surface area contributed by atoms with Crippen LogP contribution in [-0.2, 0) is 9.53 Å². The topological polar surface area (TPSA) is 50.4 Å². The Morgan fingerprint density at radius 1 is 1.47 bits per heavy atom. The van der Waals surface area contributed by atoms with Crippen molar-refractivity contribution < 1.29 is 9.53 Å². The Bertz CT molecular complexity index is 211. The molecule has 86 valence electrons. The molecule has 0 saturated carbocycles. The highest BCUT2D eigenvalue weighted by atomic mass is 16.5. The number of rotatable bonds is 5. The second-order valence-corrected chi connectivity index (χ2v) is 4.50. The Labute approximate surface area is 90.8 Å². The van der Waals surface area contributed by atoms with Crippen LogP contribution in [-0.4, -0.2) is 38.3 Å². The molecule has 0 aromatic heterocycles. The van der Waals surface area contributed by atoms with Crippen molar-refractivity contribution in [2.24, 2.45) is 5.92 Å². The minimum Gasteiger partial charge on any atom is -0.378 e. The van der Waals surface area contributed by atoms with Crippen LogP contribution in [0.1, 0.15) is 25.7 Å². The number of hydrogen-bond donors (Lipinski definition) is 2. The van der Waals surface area contributed by atoms with Crippen molar-refractivity contribution >= 4 is 5.91 Å². The minimum atomic E-state index is 0.194. The summed E-state index contributed by atoms with van der Waals surface area (Å²) in [6.45, 7) is 3.66. The van der Waals surface area contributed by atoms with E-state index >= 15 is 0 Å². The van der Waals surface area contributed by atoms with Gasteiger partial charge in [-0.2, -0.15) is 0 Å². The van der Waals surface area contributed by atoms with Gasteiger partial charge in [-0.25, -0.2) is 0 Å². The van der Waals surface area contributed by atoms with Crippen LogP contribution in [0.25, 0.3) is 0 Å². The fourth-order valence-electron chi connectivity index (χ4n) is 2.07. The van der Waals surface area contributed by atoms with Crippen molar-refractivity contribution in [2.75, 3.05) is 26.2 Å². The lowest BCUT2D eigenvalue weighted by molar-refractivity contribution is -0.122. The summed E-state index contributed by atoms with van der Waals surface area (Å²) in [6.07, 6.45) is 4.36. The lowest BCUT2D eigenvalue weighted by atomic mass is 9.99. The summed E-state index contributed by atoms with van der Waals surface area (Å²) in [4.78, 5) is 11.4. The zero-order valence-corrected chi connectivity index (χ0v) is 9.13. The largest absolute Gasteiger partial charge is 0.378 e. The Balaban J connectivity index is 1.50. The molecular formula is C11H20N2O2. The molecule has 4 heteroatoms. The number of nitrogens with one attached hydrogen (secondary N) is 2. The molecule has 2 heterocycles. The van der Waals surface area contributed by atoms with Gasteiger partial charge in [0, 0.05) is 19.6 Å². The van der Waals surface area contributed by atoms with Gasteiger partial charge in [-0.1, -0.05) is 0 Å². The molecule has 0 bridgehead atoms. The second-order valence-electron chi connectivity index (χ2n) is 4.50. The molecule has 1 amide bonds. The summed E-state index contributed by atoms with van der Waals surface area (Å²) in [5.41, 5.74) is 0. The zero-order valence-electron chi connectivity index (χ0n) is 9.13. The minimum absolute atomic E-state index is 0.194. The van der Waals surface area contributed by atoms with E-state index in [1.54, 1.807) is 0 Å². The van der Waals surface area contributed by atoms with Gasteiger partial charge in [-0.05, 0) is 38.3 Å². The summed E-state index contributed by atoms with van der Waals surface area (Å²) in [7, 11) is 0. The predicted molar refractivity (Wildman–Crippen MR) is 57.6 cm³/mol. The van der Waals surface area contributed by atoms with Gasteiger partial charge in [0.1, 0.15) is 0 Å². The van der Waals surface area contributed by atoms with Gasteiger partial charge >= 0.3 is 0 Å². The number of amides is 1. The first-order valence-electron chi connectivity index (χ1n) is 5.93. The molecule has 0 aromatic carbocycles. The molecule has 2 N–H and O–H groups in total. The molecular weight excluding hydrogens is 192 g/mol. The maximum absolute atomic E-state index is 11.4. The van der Waals surface area contributed by atoms with Crippen molar-refractivity contribution in [3.8, 4) is 0 Å². The van der Waals surface area contributed by atoms with Gasteiger partial charge in [0.15, 0.2) is 0 Å². The third-order valence-electron chi connectivity index (χ3n) is 3.15. The lowest BCUT2D eigenvalue weighted by Crippen LogP contribution is -2.44. The zero-order chi connectivity index (χ0) is 10.5. The van der Waals surface area contributed by atoms with E-state index < -0.39 is 0 Å². The van der Waals surface area contributed by atoms with Crippen LogP contribution in [0.3, 0.4) is 0 Å². The molecule has 0 aliphatic carbocycles. The smallest absolute Gasteiger partial charge is 0.220 e. The molecule has 2 aliphatic heterocycles. The molecule has 2 saturated heterocycles. The summed E-state index contributed by atoms with van der Waals surface area (Å²) in [5, 5.41) is 6.13. The second kappa shape index (κ2) is 5.47. The van der Waals surface area contributed by atoms with Crippen LogP contribution >= 0.6 is 0 Å². The van der Waals surface area contributed by atoms with Gasteiger partial charge in [0.05, 0.1) is 6.10 Å². The van der Waals surface area contributed by atoms with E-state index in [1.807, 2.05) is 0 Å². The molecule has 1 unspecified atom stereocenters. The molecule has 2 aliphatic rings. The third-order valence-corrected chi connectivity index (χ3v) is 3.15. The highest BCUT2D eigenvalue weighted by Gasteiger charge is 2.20. The monoisotopic (exact) mass is 212 g/mol. The van der Waals surface area contributed by atoms with Crippen molar-refractivity contribution in [3.63, 3.8) is 0 Å². The maximum atomic E-state index is 11.4. The lowest BCUT2D eigenvalue weighted by Gasteiger charge is -2.26. The van der Waals surface area contributed by atoms with Crippen LogP contribution in [0.5, 0.6) is 0 Å². The first-order chi connectivity index (χ1) is 7.34. The molecule has 0 aromatic rings. The summed E-state index contributed by atoms with van der Waals surface area (Å²) >= 11 is 0. The normalized spacial score (nSPS) is 26.3.